The molecule has 2 nitrogen and oxygen atoms in total. The summed E-state index contributed by atoms with van der Waals surface area (Å²) < 4.78 is 28.0. The van der Waals surface area contributed by atoms with Crippen molar-refractivity contribution in [3.63, 3.8) is 0 Å². The Kier molecular flexibility index (Phi) is 3.76. The largest absolute Gasteiger partial charge is 0.337 e. The number of halogens is 2. The average molecular weight is 258 g/mol. The number of rotatable bonds is 3. The quantitative estimate of drug-likeness (QED) is 0.832. The van der Waals surface area contributed by atoms with Gasteiger partial charge in [0.1, 0.15) is 5.69 Å². The van der Waals surface area contributed by atoms with Gasteiger partial charge in [-0.2, -0.15) is 5.26 Å². The van der Waals surface area contributed by atoms with Gasteiger partial charge < -0.3 is 4.90 Å². The molecular weight excluding hydrogens is 246 g/mol. The zero-order valence-corrected chi connectivity index (χ0v) is 10.4. The van der Waals surface area contributed by atoms with Gasteiger partial charge in [-0.05, 0) is 31.2 Å². The molecular formula is C15H12F2N2. The lowest BCUT2D eigenvalue weighted by atomic mass is 10.1. The van der Waals surface area contributed by atoms with Crippen molar-refractivity contribution in [2.75, 3.05) is 11.4 Å². The van der Waals surface area contributed by atoms with Crippen LogP contribution in [-0.2, 0) is 0 Å². The SMILES string of the molecule is CCN(c1ccccc1)c1c(F)cc(C#N)cc1F. The van der Waals surface area contributed by atoms with E-state index in [1.807, 2.05) is 13.0 Å². The van der Waals surface area contributed by atoms with Crippen LogP contribution < -0.4 is 4.90 Å². The van der Waals surface area contributed by atoms with E-state index >= 15 is 0 Å². The summed E-state index contributed by atoms with van der Waals surface area (Å²) in [6.07, 6.45) is 0. The van der Waals surface area contributed by atoms with Gasteiger partial charge in [0.05, 0.1) is 11.6 Å². The van der Waals surface area contributed by atoms with E-state index in [-0.39, 0.29) is 11.3 Å². The zero-order chi connectivity index (χ0) is 13.8. The Hall–Kier alpha value is -2.41. The van der Waals surface area contributed by atoms with E-state index in [1.165, 1.54) is 4.90 Å². The van der Waals surface area contributed by atoms with Crippen LogP contribution in [-0.4, -0.2) is 6.54 Å². The van der Waals surface area contributed by atoms with Gasteiger partial charge in [-0.15, -0.1) is 0 Å². The lowest BCUT2D eigenvalue weighted by Crippen LogP contribution is -2.19. The Morgan fingerprint density at radius 1 is 1.11 bits per heavy atom. The molecule has 2 rings (SSSR count). The van der Waals surface area contributed by atoms with Gasteiger partial charge in [0.25, 0.3) is 0 Å². The van der Waals surface area contributed by atoms with Gasteiger partial charge in [0.15, 0.2) is 11.6 Å². The lowest BCUT2D eigenvalue weighted by Gasteiger charge is -2.24. The van der Waals surface area contributed by atoms with Gasteiger partial charge in [-0.1, -0.05) is 18.2 Å². The maximum Gasteiger partial charge on any atom is 0.151 e. The van der Waals surface area contributed by atoms with Crippen LogP contribution >= 0.6 is 0 Å². The molecule has 0 fully saturated rings. The Bertz CT molecular complexity index is 595. The van der Waals surface area contributed by atoms with Crippen molar-refractivity contribution in [1.82, 2.24) is 0 Å². The third kappa shape index (κ3) is 2.55. The molecule has 0 saturated carbocycles. The normalized spacial score (nSPS) is 10.0. The highest BCUT2D eigenvalue weighted by molar-refractivity contribution is 5.65. The predicted molar refractivity (Wildman–Crippen MR) is 70.2 cm³/mol. The van der Waals surface area contributed by atoms with E-state index in [0.717, 1.165) is 12.1 Å². The fraction of sp³-hybridized carbons (Fsp3) is 0.133. The third-order valence-corrected chi connectivity index (χ3v) is 2.80. The van der Waals surface area contributed by atoms with Crippen molar-refractivity contribution in [2.24, 2.45) is 0 Å². The highest BCUT2D eigenvalue weighted by Gasteiger charge is 2.18. The van der Waals surface area contributed by atoms with Crippen molar-refractivity contribution >= 4 is 11.4 Å². The first kappa shape index (κ1) is 13.0. The summed E-state index contributed by atoms with van der Waals surface area (Å²) in [5.41, 5.74) is 0.545. The first-order chi connectivity index (χ1) is 9.17. The molecule has 0 saturated heterocycles. The van der Waals surface area contributed by atoms with Gasteiger partial charge in [-0.25, -0.2) is 8.78 Å². The minimum absolute atomic E-state index is 0.0251. The molecule has 0 bridgehead atoms. The number of para-hydroxylation sites is 1. The lowest BCUT2D eigenvalue weighted by molar-refractivity contribution is 0.580. The predicted octanol–water partition coefficient (Wildman–Crippen LogP) is 3.99. The maximum absolute atomic E-state index is 14.0. The van der Waals surface area contributed by atoms with Crippen LogP contribution in [0.1, 0.15) is 12.5 Å². The topological polar surface area (TPSA) is 27.0 Å². The third-order valence-electron chi connectivity index (χ3n) is 2.80. The summed E-state index contributed by atoms with van der Waals surface area (Å²) in [6.45, 7) is 2.23. The minimum Gasteiger partial charge on any atom is -0.337 e. The fourth-order valence-electron chi connectivity index (χ4n) is 1.97. The average Bonchev–Trinajstić information content (AvgIpc) is 2.43. The molecule has 4 heteroatoms. The molecule has 96 valence electrons. The number of hydrogen-bond donors (Lipinski definition) is 0. The van der Waals surface area contributed by atoms with Crippen molar-refractivity contribution in [3.05, 3.63) is 59.7 Å². The summed E-state index contributed by atoms with van der Waals surface area (Å²) >= 11 is 0. The van der Waals surface area contributed by atoms with Crippen molar-refractivity contribution < 1.29 is 8.78 Å². The van der Waals surface area contributed by atoms with E-state index < -0.39 is 11.6 Å². The molecule has 0 aliphatic rings. The molecule has 0 spiro atoms. The van der Waals surface area contributed by atoms with Crippen molar-refractivity contribution in [2.45, 2.75) is 6.92 Å². The molecule has 0 amide bonds. The number of anilines is 2. The summed E-state index contributed by atoms with van der Waals surface area (Å²) in [6, 6.07) is 12.8. The molecule has 19 heavy (non-hydrogen) atoms. The fourth-order valence-corrected chi connectivity index (χ4v) is 1.97. The van der Waals surface area contributed by atoms with Gasteiger partial charge in [0, 0.05) is 12.2 Å². The van der Waals surface area contributed by atoms with Gasteiger partial charge >= 0.3 is 0 Å². The van der Waals surface area contributed by atoms with Crippen LogP contribution in [0.2, 0.25) is 0 Å². The molecule has 0 aliphatic carbocycles. The monoisotopic (exact) mass is 258 g/mol. The summed E-state index contributed by atoms with van der Waals surface area (Å²) in [5, 5.41) is 8.69. The molecule has 0 radical (unpaired) electrons. The number of nitriles is 1. The smallest absolute Gasteiger partial charge is 0.151 e. The standard InChI is InChI=1S/C15H12F2N2/c1-2-19(12-6-4-3-5-7-12)15-13(16)8-11(10-18)9-14(15)17/h3-9H,2H2,1H3. The molecule has 0 aromatic heterocycles. The van der Waals surface area contributed by atoms with Gasteiger partial charge in [0.2, 0.25) is 0 Å². The second kappa shape index (κ2) is 5.49. The Morgan fingerprint density at radius 3 is 2.16 bits per heavy atom. The first-order valence-electron chi connectivity index (χ1n) is 5.89. The Balaban J connectivity index is 2.54. The molecule has 0 heterocycles. The second-order valence-corrected chi connectivity index (χ2v) is 3.98. The van der Waals surface area contributed by atoms with E-state index in [9.17, 15) is 8.78 Å². The van der Waals surface area contributed by atoms with Crippen LogP contribution in [0, 0.1) is 23.0 Å². The van der Waals surface area contributed by atoms with E-state index in [0.29, 0.717) is 12.2 Å². The van der Waals surface area contributed by atoms with E-state index in [2.05, 4.69) is 0 Å². The van der Waals surface area contributed by atoms with Crippen molar-refractivity contribution in [1.29, 1.82) is 5.26 Å². The molecule has 2 aromatic rings. The molecule has 0 aliphatic heterocycles. The molecule has 0 unspecified atom stereocenters. The second-order valence-electron chi connectivity index (χ2n) is 3.98. The number of nitrogens with zero attached hydrogens (tertiary/aromatic N) is 2. The van der Waals surface area contributed by atoms with E-state index in [4.69, 9.17) is 5.26 Å². The molecule has 2 aromatic carbocycles. The summed E-state index contributed by atoms with van der Waals surface area (Å²) in [4.78, 5) is 1.53. The Morgan fingerprint density at radius 2 is 1.68 bits per heavy atom. The number of hydrogen-bond acceptors (Lipinski definition) is 2. The van der Waals surface area contributed by atoms with Crippen LogP contribution in [0.3, 0.4) is 0 Å². The number of benzene rings is 2. The first-order valence-corrected chi connectivity index (χ1v) is 5.89. The van der Waals surface area contributed by atoms with Crippen LogP contribution in [0.5, 0.6) is 0 Å². The van der Waals surface area contributed by atoms with Gasteiger partial charge in [-0.3, -0.25) is 0 Å². The van der Waals surface area contributed by atoms with Crippen molar-refractivity contribution in [3.8, 4) is 6.07 Å². The highest BCUT2D eigenvalue weighted by Crippen LogP contribution is 2.30. The van der Waals surface area contributed by atoms with Crippen LogP contribution in [0.4, 0.5) is 20.2 Å². The summed E-state index contributed by atoms with van der Waals surface area (Å²) in [7, 11) is 0. The summed E-state index contributed by atoms with van der Waals surface area (Å²) in [5.74, 6) is -1.47. The highest BCUT2D eigenvalue weighted by atomic mass is 19.1. The van der Waals surface area contributed by atoms with Crippen LogP contribution in [0.15, 0.2) is 42.5 Å². The van der Waals surface area contributed by atoms with Crippen LogP contribution in [0.25, 0.3) is 0 Å². The van der Waals surface area contributed by atoms with E-state index in [1.54, 1.807) is 30.3 Å². The maximum atomic E-state index is 14.0. The zero-order valence-electron chi connectivity index (χ0n) is 10.4. The Labute approximate surface area is 110 Å². The molecule has 0 atom stereocenters. The minimum atomic E-state index is -0.734. The molecule has 0 N–H and O–H groups in total.